The third kappa shape index (κ3) is 3.67. The minimum atomic E-state index is -0.356. The largest absolute Gasteiger partial charge is 0.393 e. The highest BCUT2D eigenvalue weighted by molar-refractivity contribution is 9.10. The lowest BCUT2D eigenvalue weighted by Crippen LogP contribution is -2.12. The van der Waals surface area contributed by atoms with Crippen LogP contribution in [0.2, 0.25) is 0 Å². The highest BCUT2D eigenvalue weighted by Gasteiger charge is 2.12. The maximum Gasteiger partial charge on any atom is 0.0628 e. The van der Waals surface area contributed by atoms with E-state index in [1.54, 1.807) is 12.4 Å². The fourth-order valence-corrected chi connectivity index (χ4v) is 2.84. The molecule has 0 aliphatic heterocycles. The summed E-state index contributed by atoms with van der Waals surface area (Å²) in [7, 11) is 1.95. The average molecular weight is 338 g/mol. The van der Waals surface area contributed by atoms with Crippen LogP contribution in [0.15, 0.2) is 22.9 Å². The zero-order valence-electron chi connectivity index (χ0n) is 12.1. The minimum absolute atomic E-state index is 0.356. The molecular formula is C15H20BrN3O. The number of nitrogens with zero attached hydrogens (tertiary/aromatic N) is 3. The van der Waals surface area contributed by atoms with Crippen LogP contribution in [0, 0.1) is 13.8 Å². The van der Waals surface area contributed by atoms with Crippen molar-refractivity contribution in [2.24, 2.45) is 7.05 Å². The molecular weight excluding hydrogens is 318 g/mol. The molecule has 0 saturated carbocycles. The van der Waals surface area contributed by atoms with E-state index < -0.39 is 0 Å². The first-order chi connectivity index (χ1) is 9.47. The molecule has 0 fully saturated rings. The molecule has 1 N–H and O–H groups in total. The summed E-state index contributed by atoms with van der Waals surface area (Å²) in [6.07, 6.45) is 5.41. The van der Waals surface area contributed by atoms with Crippen LogP contribution < -0.4 is 0 Å². The summed E-state index contributed by atoms with van der Waals surface area (Å²) >= 11 is 3.39. The lowest BCUT2D eigenvalue weighted by Gasteiger charge is -2.11. The van der Waals surface area contributed by atoms with Crippen molar-refractivity contribution < 1.29 is 5.11 Å². The lowest BCUT2D eigenvalue weighted by molar-refractivity contribution is 0.165. The summed E-state index contributed by atoms with van der Waals surface area (Å²) in [5.41, 5.74) is 4.53. The molecule has 0 radical (unpaired) electrons. The highest BCUT2D eigenvalue weighted by Crippen LogP contribution is 2.17. The van der Waals surface area contributed by atoms with Crippen molar-refractivity contribution in [3.05, 3.63) is 45.4 Å². The van der Waals surface area contributed by atoms with Gasteiger partial charge in [0.05, 0.1) is 11.8 Å². The van der Waals surface area contributed by atoms with Crippen LogP contribution in [-0.4, -0.2) is 26.0 Å². The second kappa shape index (κ2) is 6.50. The molecule has 0 aliphatic carbocycles. The quantitative estimate of drug-likeness (QED) is 0.912. The molecule has 2 heterocycles. The van der Waals surface area contributed by atoms with Crippen LogP contribution in [-0.2, 0) is 19.9 Å². The van der Waals surface area contributed by atoms with Gasteiger partial charge in [-0.1, -0.05) is 0 Å². The molecule has 1 unspecified atom stereocenters. The normalized spacial score (nSPS) is 12.7. The standard InChI is InChI=1S/C15H20BrN3O/c1-10-15(11(2)19(3)18-10)5-4-14(20)7-12-6-13(16)9-17-8-12/h6,8-9,14,20H,4-5,7H2,1-3H3. The summed E-state index contributed by atoms with van der Waals surface area (Å²) in [5, 5.41) is 14.6. The van der Waals surface area contributed by atoms with Crippen LogP contribution in [0.1, 0.15) is 28.9 Å². The first-order valence-electron chi connectivity index (χ1n) is 6.74. The summed E-state index contributed by atoms with van der Waals surface area (Å²) in [4.78, 5) is 4.12. The second-order valence-corrected chi connectivity index (χ2v) is 6.10. The zero-order chi connectivity index (χ0) is 14.7. The Morgan fingerprint density at radius 2 is 2.10 bits per heavy atom. The van der Waals surface area contributed by atoms with E-state index in [9.17, 15) is 5.11 Å². The van der Waals surface area contributed by atoms with Gasteiger partial charge in [-0.3, -0.25) is 9.67 Å². The van der Waals surface area contributed by atoms with E-state index >= 15 is 0 Å². The minimum Gasteiger partial charge on any atom is -0.393 e. The van der Waals surface area contributed by atoms with Gasteiger partial charge in [0.2, 0.25) is 0 Å². The Morgan fingerprint density at radius 1 is 1.35 bits per heavy atom. The summed E-state index contributed by atoms with van der Waals surface area (Å²) < 4.78 is 2.84. The van der Waals surface area contributed by atoms with Crippen LogP contribution in [0.5, 0.6) is 0 Å². The van der Waals surface area contributed by atoms with E-state index in [4.69, 9.17) is 0 Å². The zero-order valence-corrected chi connectivity index (χ0v) is 13.7. The Kier molecular flexibility index (Phi) is 4.94. The second-order valence-electron chi connectivity index (χ2n) is 5.18. The van der Waals surface area contributed by atoms with Gasteiger partial charge in [-0.15, -0.1) is 0 Å². The van der Waals surface area contributed by atoms with Gasteiger partial charge in [0, 0.05) is 29.6 Å². The van der Waals surface area contributed by atoms with Crippen molar-refractivity contribution in [2.45, 2.75) is 39.2 Å². The van der Waals surface area contributed by atoms with E-state index in [0.29, 0.717) is 6.42 Å². The predicted molar refractivity (Wildman–Crippen MR) is 82.7 cm³/mol. The number of aryl methyl sites for hydroxylation is 2. The van der Waals surface area contributed by atoms with Gasteiger partial charge in [0.15, 0.2) is 0 Å². The van der Waals surface area contributed by atoms with Crippen molar-refractivity contribution in [1.82, 2.24) is 14.8 Å². The maximum absolute atomic E-state index is 10.2. The third-order valence-electron chi connectivity index (χ3n) is 3.62. The monoisotopic (exact) mass is 337 g/mol. The SMILES string of the molecule is Cc1nn(C)c(C)c1CCC(O)Cc1cncc(Br)c1. The van der Waals surface area contributed by atoms with Crippen LogP contribution in [0.3, 0.4) is 0 Å². The summed E-state index contributed by atoms with van der Waals surface area (Å²) in [6, 6.07) is 2.00. The first-order valence-corrected chi connectivity index (χ1v) is 7.53. The van der Waals surface area contributed by atoms with Gasteiger partial charge >= 0.3 is 0 Å². The number of halogens is 1. The van der Waals surface area contributed by atoms with Crippen molar-refractivity contribution >= 4 is 15.9 Å². The molecule has 0 bridgehead atoms. The molecule has 0 saturated heterocycles. The van der Waals surface area contributed by atoms with E-state index in [1.807, 2.05) is 24.7 Å². The Morgan fingerprint density at radius 3 is 2.70 bits per heavy atom. The summed E-state index contributed by atoms with van der Waals surface area (Å²) in [6.45, 7) is 4.09. The van der Waals surface area contributed by atoms with Crippen molar-refractivity contribution in [2.75, 3.05) is 0 Å². The topological polar surface area (TPSA) is 50.9 Å². The smallest absolute Gasteiger partial charge is 0.0628 e. The van der Waals surface area contributed by atoms with Gasteiger partial charge < -0.3 is 5.11 Å². The molecule has 0 aromatic carbocycles. The molecule has 2 rings (SSSR count). The van der Waals surface area contributed by atoms with Crippen molar-refractivity contribution in [1.29, 1.82) is 0 Å². The fraction of sp³-hybridized carbons (Fsp3) is 0.467. The van der Waals surface area contributed by atoms with Crippen molar-refractivity contribution in [3.8, 4) is 0 Å². The van der Waals surface area contributed by atoms with Gasteiger partial charge in [0.1, 0.15) is 0 Å². The number of aromatic nitrogens is 3. The lowest BCUT2D eigenvalue weighted by atomic mass is 10.0. The number of rotatable bonds is 5. The highest BCUT2D eigenvalue weighted by atomic mass is 79.9. The predicted octanol–water partition coefficient (Wildman–Crippen LogP) is 2.73. The molecule has 2 aromatic heterocycles. The number of hydrogen-bond acceptors (Lipinski definition) is 3. The van der Waals surface area contributed by atoms with E-state index in [-0.39, 0.29) is 6.10 Å². The van der Waals surface area contributed by atoms with Crippen molar-refractivity contribution in [3.63, 3.8) is 0 Å². The van der Waals surface area contributed by atoms with Gasteiger partial charge in [-0.05, 0) is 66.2 Å². The van der Waals surface area contributed by atoms with E-state index in [0.717, 1.165) is 28.6 Å². The number of aliphatic hydroxyl groups is 1. The Hall–Kier alpha value is -1.20. The first kappa shape index (κ1) is 15.2. The number of hydrogen-bond donors (Lipinski definition) is 1. The third-order valence-corrected chi connectivity index (χ3v) is 4.05. The Labute approximate surface area is 128 Å². The molecule has 0 spiro atoms. The number of aliphatic hydroxyl groups excluding tert-OH is 1. The average Bonchev–Trinajstić information content (AvgIpc) is 2.61. The van der Waals surface area contributed by atoms with Gasteiger partial charge in [-0.25, -0.2) is 0 Å². The molecule has 108 valence electrons. The molecule has 4 nitrogen and oxygen atoms in total. The Bertz CT molecular complexity index is 595. The fourth-order valence-electron chi connectivity index (χ4n) is 2.43. The molecule has 0 aliphatic rings. The molecule has 2 aromatic rings. The van der Waals surface area contributed by atoms with Gasteiger partial charge in [0.25, 0.3) is 0 Å². The molecule has 1 atom stereocenters. The van der Waals surface area contributed by atoms with E-state index in [1.165, 1.54) is 11.3 Å². The summed E-state index contributed by atoms with van der Waals surface area (Å²) in [5.74, 6) is 0. The van der Waals surface area contributed by atoms with Crippen LogP contribution >= 0.6 is 15.9 Å². The van der Waals surface area contributed by atoms with Gasteiger partial charge in [-0.2, -0.15) is 5.10 Å². The van der Waals surface area contributed by atoms with Crippen LogP contribution in [0.4, 0.5) is 0 Å². The number of pyridine rings is 1. The van der Waals surface area contributed by atoms with E-state index in [2.05, 4.69) is 32.9 Å². The molecule has 5 heteroatoms. The Balaban J connectivity index is 1.94. The molecule has 20 heavy (non-hydrogen) atoms. The maximum atomic E-state index is 10.2. The molecule has 0 amide bonds. The van der Waals surface area contributed by atoms with Crippen LogP contribution in [0.25, 0.3) is 0 Å².